The summed E-state index contributed by atoms with van der Waals surface area (Å²) in [6, 6.07) is -1.54. The summed E-state index contributed by atoms with van der Waals surface area (Å²) in [5.74, 6) is -2.53. The zero-order valence-electron chi connectivity index (χ0n) is 37.3. The fourth-order valence-corrected chi connectivity index (χ4v) is 6.42. The van der Waals surface area contributed by atoms with Crippen LogP contribution < -0.4 is 5.73 Å². The van der Waals surface area contributed by atoms with Crippen molar-refractivity contribution in [3.8, 4) is 0 Å². The molecule has 0 rings (SSSR count). The molecule has 348 valence electrons. The summed E-state index contributed by atoms with van der Waals surface area (Å²) in [5.41, 5.74) is 5.33. The zero-order chi connectivity index (χ0) is 45.1. The number of ether oxygens (including phenoxy) is 2. The highest BCUT2D eigenvalue weighted by Crippen LogP contribution is 2.43. The minimum absolute atomic E-state index is 0.0684. The van der Waals surface area contributed by atoms with Gasteiger partial charge in [0.1, 0.15) is 12.6 Å². The van der Waals surface area contributed by atoms with Crippen molar-refractivity contribution in [2.75, 3.05) is 19.8 Å². The van der Waals surface area contributed by atoms with Gasteiger partial charge in [0.15, 0.2) is 6.10 Å². The molecule has 61 heavy (non-hydrogen) atoms. The van der Waals surface area contributed by atoms with Crippen LogP contribution in [0, 0.1) is 0 Å². The number of aliphatic hydroxyl groups is 1. The molecule has 0 aromatic rings. The summed E-state index contributed by atoms with van der Waals surface area (Å²) >= 11 is 0. The van der Waals surface area contributed by atoms with E-state index >= 15 is 0 Å². The second-order valence-corrected chi connectivity index (χ2v) is 16.5. The van der Waals surface area contributed by atoms with Crippen LogP contribution in [0.2, 0.25) is 0 Å². The van der Waals surface area contributed by atoms with E-state index in [1.54, 1.807) is 6.08 Å². The van der Waals surface area contributed by atoms with Gasteiger partial charge in [-0.25, -0.2) is 4.57 Å². The van der Waals surface area contributed by atoms with Gasteiger partial charge in [0, 0.05) is 12.8 Å². The van der Waals surface area contributed by atoms with Crippen LogP contribution in [-0.4, -0.2) is 71.1 Å². The van der Waals surface area contributed by atoms with Crippen LogP contribution in [0.3, 0.4) is 0 Å². The fraction of sp³-hybridized carbons (Fsp3) is 0.646. The van der Waals surface area contributed by atoms with E-state index in [1.165, 1.54) is 57.8 Å². The molecule has 5 N–H and O–H groups in total. The fourth-order valence-electron chi connectivity index (χ4n) is 5.64. The Morgan fingerprint density at radius 3 is 1.79 bits per heavy atom. The van der Waals surface area contributed by atoms with Crippen LogP contribution in [-0.2, 0) is 37.5 Å². The van der Waals surface area contributed by atoms with E-state index in [2.05, 4.69) is 42.7 Å². The Balaban J connectivity index is 4.53. The number of aliphatic carboxylic acids is 1. The van der Waals surface area contributed by atoms with Crippen LogP contribution in [0.4, 0.5) is 0 Å². The highest BCUT2D eigenvalue weighted by atomic mass is 31.2. The quantitative estimate of drug-likeness (QED) is 0.0150. The van der Waals surface area contributed by atoms with Crippen LogP contribution >= 0.6 is 7.82 Å². The van der Waals surface area contributed by atoms with Crippen LogP contribution in [0.15, 0.2) is 85.1 Å². The lowest BCUT2D eigenvalue weighted by Crippen LogP contribution is -2.34. The molecule has 0 aromatic heterocycles. The Morgan fingerprint density at radius 2 is 1.15 bits per heavy atom. The van der Waals surface area contributed by atoms with Crippen LogP contribution in [0.1, 0.15) is 162 Å². The van der Waals surface area contributed by atoms with Gasteiger partial charge in [0.05, 0.1) is 19.3 Å². The number of carbonyl (C=O) groups is 3. The first-order valence-corrected chi connectivity index (χ1v) is 24.2. The van der Waals surface area contributed by atoms with Gasteiger partial charge in [-0.3, -0.25) is 23.4 Å². The molecule has 4 atom stereocenters. The van der Waals surface area contributed by atoms with Crippen LogP contribution in [0.5, 0.6) is 0 Å². The highest BCUT2D eigenvalue weighted by molar-refractivity contribution is 7.47. The number of carbonyl (C=O) groups excluding carboxylic acids is 2. The first-order valence-electron chi connectivity index (χ1n) is 22.7. The molecule has 0 saturated carbocycles. The number of phosphoric ester groups is 1. The first kappa shape index (κ1) is 57.6. The molecular weight excluding hydrogens is 797 g/mol. The van der Waals surface area contributed by atoms with Crippen molar-refractivity contribution in [1.82, 2.24) is 0 Å². The highest BCUT2D eigenvalue weighted by Gasteiger charge is 2.28. The SMILES string of the molecule is CC/C=C\C/C=C\CC(O)/C=C/C=C\C/C=C\C/C=C\CCC(=O)OC[C@H](COP(=O)(O)OC[C@H](N)C(=O)O)OC(=O)CCCCCCCCC/C=C\CCCCCCCC. The number of carboxylic acids is 1. The molecule has 0 saturated heterocycles. The number of unbranched alkanes of at least 4 members (excludes halogenated alkanes) is 13. The van der Waals surface area contributed by atoms with E-state index in [-0.39, 0.29) is 12.8 Å². The molecule has 0 fully saturated rings. The van der Waals surface area contributed by atoms with Crippen molar-refractivity contribution in [3.05, 3.63) is 85.1 Å². The van der Waals surface area contributed by atoms with E-state index in [1.807, 2.05) is 54.7 Å². The van der Waals surface area contributed by atoms with E-state index in [0.29, 0.717) is 25.7 Å². The summed E-state index contributed by atoms with van der Waals surface area (Å²) in [7, 11) is -4.75. The summed E-state index contributed by atoms with van der Waals surface area (Å²) < 4.78 is 32.6. The normalized spacial score (nSPS) is 15.0. The summed E-state index contributed by atoms with van der Waals surface area (Å²) in [4.78, 5) is 46.0. The van der Waals surface area contributed by atoms with Crippen molar-refractivity contribution in [3.63, 3.8) is 0 Å². The molecule has 0 aliphatic carbocycles. The van der Waals surface area contributed by atoms with Gasteiger partial charge in [-0.15, -0.1) is 0 Å². The maximum Gasteiger partial charge on any atom is 0.472 e. The second-order valence-electron chi connectivity index (χ2n) is 15.0. The maximum atomic E-state index is 12.6. The maximum absolute atomic E-state index is 12.6. The molecule has 0 aliphatic rings. The van der Waals surface area contributed by atoms with Crippen molar-refractivity contribution < 1.29 is 52.6 Å². The van der Waals surface area contributed by atoms with Crippen molar-refractivity contribution >= 4 is 25.7 Å². The number of allylic oxidation sites excluding steroid dienone is 12. The minimum Gasteiger partial charge on any atom is -0.480 e. The largest absolute Gasteiger partial charge is 0.480 e. The average molecular weight is 878 g/mol. The number of aliphatic hydroxyl groups excluding tert-OH is 1. The topological polar surface area (TPSA) is 192 Å². The van der Waals surface area contributed by atoms with E-state index in [0.717, 1.165) is 51.4 Å². The predicted octanol–water partition coefficient (Wildman–Crippen LogP) is 11.3. The molecule has 0 aromatic carbocycles. The molecule has 0 spiro atoms. The Hall–Kier alpha value is -3.38. The molecule has 2 unspecified atom stereocenters. The van der Waals surface area contributed by atoms with Crippen molar-refractivity contribution in [2.24, 2.45) is 5.73 Å². The number of esters is 2. The molecule has 0 aliphatic heterocycles. The average Bonchev–Trinajstić information content (AvgIpc) is 3.23. The number of hydrogen-bond donors (Lipinski definition) is 4. The Morgan fingerprint density at radius 1 is 0.607 bits per heavy atom. The van der Waals surface area contributed by atoms with Gasteiger partial charge >= 0.3 is 25.7 Å². The first-order chi connectivity index (χ1) is 29.5. The standard InChI is InChI=1S/C48H80NO11P/c1-3-5-7-9-11-12-13-14-15-16-17-18-19-24-27-31-35-39-47(52)60-44(41-58-61(55,56)59-42-45(49)48(53)54)40-57-46(51)38-34-30-26-23-21-20-22-25-29-33-37-43(50)36-32-28-10-8-6-4-2/h6,8,14-15,20-21,25-26,28-30,32-33,37,43-45,50H,3-5,7,9-13,16-19,22-24,27,31,34-36,38-42,49H2,1-2H3,(H,53,54)(H,55,56)/b8-6-,15-14-,21-20-,29-25-,30-26-,32-28-,37-33+/t43?,44-,45+/m1/s1. The smallest absolute Gasteiger partial charge is 0.472 e. The Kier molecular flexibility index (Phi) is 39.6. The Bertz CT molecular complexity index is 1370. The number of phosphoric acid groups is 1. The number of nitrogens with two attached hydrogens (primary N) is 1. The molecule has 0 heterocycles. The third-order valence-electron chi connectivity index (χ3n) is 9.22. The number of hydrogen-bond acceptors (Lipinski definition) is 10. The summed E-state index contributed by atoms with van der Waals surface area (Å²) in [6.07, 6.45) is 48.3. The van der Waals surface area contributed by atoms with Gasteiger partial charge in [0.2, 0.25) is 0 Å². The number of carboxylic acid groups (broad SMARTS) is 1. The lowest BCUT2D eigenvalue weighted by molar-refractivity contribution is -0.161. The lowest BCUT2D eigenvalue weighted by Gasteiger charge is -2.20. The zero-order valence-corrected chi connectivity index (χ0v) is 38.2. The Labute approximate surface area is 367 Å². The lowest BCUT2D eigenvalue weighted by atomic mass is 10.1. The van der Waals surface area contributed by atoms with Gasteiger partial charge in [-0.2, -0.15) is 0 Å². The number of rotatable bonds is 41. The minimum atomic E-state index is -4.75. The second kappa shape index (κ2) is 41.9. The van der Waals surface area contributed by atoms with Gasteiger partial charge in [0.25, 0.3) is 0 Å². The summed E-state index contributed by atoms with van der Waals surface area (Å²) in [5, 5.41) is 18.9. The third kappa shape index (κ3) is 41.7. The van der Waals surface area contributed by atoms with Gasteiger partial charge in [-0.1, -0.05) is 163 Å². The molecule has 0 amide bonds. The van der Waals surface area contributed by atoms with Gasteiger partial charge < -0.3 is 30.3 Å². The predicted molar refractivity (Wildman–Crippen MR) is 246 cm³/mol. The van der Waals surface area contributed by atoms with Crippen molar-refractivity contribution in [2.45, 2.75) is 180 Å². The molecule has 13 heteroatoms. The van der Waals surface area contributed by atoms with E-state index in [4.69, 9.17) is 24.8 Å². The van der Waals surface area contributed by atoms with Gasteiger partial charge in [-0.05, 0) is 70.6 Å². The van der Waals surface area contributed by atoms with E-state index in [9.17, 15) is 28.9 Å². The third-order valence-corrected chi connectivity index (χ3v) is 10.2. The molecule has 0 bridgehead atoms. The monoisotopic (exact) mass is 878 g/mol. The molecular formula is C48H80NO11P. The molecule has 0 radical (unpaired) electrons. The molecule has 12 nitrogen and oxygen atoms in total. The van der Waals surface area contributed by atoms with Crippen LogP contribution in [0.25, 0.3) is 0 Å². The van der Waals surface area contributed by atoms with Crippen molar-refractivity contribution in [1.29, 1.82) is 0 Å². The van der Waals surface area contributed by atoms with E-state index < -0.39 is 63.8 Å². The summed E-state index contributed by atoms with van der Waals surface area (Å²) in [6.45, 7) is 2.52.